The van der Waals surface area contributed by atoms with Crippen molar-refractivity contribution in [1.29, 1.82) is 0 Å². The highest BCUT2D eigenvalue weighted by molar-refractivity contribution is 7.15. The number of aromatic nitrogens is 1. The average Bonchev–Trinajstić information content (AvgIpc) is 2.75. The van der Waals surface area contributed by atoms with Gasteiger partial charge in [0.2, 0.25) is 0 Å². The molecule has 0 saturated carbocycles. The lowest BCUT2D eigenvalue weighted by Gasteiger charge is -2.27. The normalized spacial score (nSPS) is 21.0. The summed E-state index contributed by atoms with van der Waals surface area (Å²) in [5, 5.41) is 4.74. The van der Waals surface area contributed by atoms with E-state index in [1.165, 1.54) is 28.7 Å². The first-order chi connectivity index (χ1) is 10.0. The van der Waals surface area contributed by atoms with E-state index >= 15 is 0 Å². The summed E-state index contributed by atoms with van der Waals surface area (Å²) < 4.78 is 0. The monoisotopic (exact) mass is 310 g/mol. The molecule has 1 N–H and O–H groups in total. The molecule has 0 spiro atoms. The van der Waals surface area contributed by atoms with E-state index in [2.05, 4.69) is 49.9 Å². The molecule has 1 aliphatic heterocycles. The molecule has 0 aromatic carbocycles. The third-order valence-electron chi connectivity index (χ3n) is 4.07. The van der Waals surface area contributed by atoms with Crippen LogP contribution >= 0.6 is 11.3 Å². The number of hydrogen-bond donors (Lipinski definition) is 1. The molecule has 2 rings (SSSR count). The van der Waals surface area contributed by atoms with Gasteiger partial charge in [0.25, 0.3) is 0 Å². The van der Waals surface area contributed by atoms with Gasteiger partial charge in [0.15, 0.2) is 5.13 Å². The van der Waals surface area contributed by atoms with Crippen molar-refractivity contribution in [2.75, 3.05) is 31.6 Å². The second kappa shape index (κ2) is 7.56. The Hall–Kier alpha value is -0.650. The summed E-state index contributed by atoms with van der Waals surface area (Å²) in [5.74, 6) is 0. The fourth-order valence-electron chi connectivity index (χ4n) is 2.86. The van der Waals surface area contributed by atoms with Crippen LogP contribution in [0.25, 0.3) is 0 Å². The number of nitrogens with zero attached hydrogens (tertiary/aromatic N) is 3. The number of nitrogens with one attached hydrogen (secondary N) is 1. The van der Waals surface area contributed by atoms with E-state index in [1.807, 2.05) is 11.3 Å². The van der Waals surface area contributed by atoms with Crippen molar-refractivity contribution in [2.24, 2.45) is 0 Å². The lowest BCUT2D eigenvalue weighted by molar-refractivity contribution is 0.337. The molecular formula is C16H30N4S. The molecule has 1 unspecified atom stereocenters. The van der Waals surface area contributed by atoms with Gasteiger partial charge >= 0.3 is 0 Å². The SMILES string of the molecule is CCc1nc(N2CCCN(C)CC2C)sc1CNC(C)C. The Balaban J connectivity index is 2.15. The fourth-order valence-corrected chi connectivity index (χ4v) is 4.09. The first-order valence-corrected chi connectivity index (χ1v) is 9.00. The lowest BCUT2D eigenvalue weighted by Crippen LogP contribution is -2.37. The Labute approximate surface area is 133 Å². The molecule has 0 radical (unpaired) electrons. The van der Waals surface area contributed by atoms with Crippen molar-refractivity contribution in [3.05, 3.63) is 10.6 Å². The maximum atomic E-state index is 4.93. The van der Waals surface area contributed by atoms with E-state index < -0.39 is 0 Å². The summed E-state index contributed by atoms with van der Waals surface area (Å²) in [6, 6.07) is 1.06. The van der Waals surface area contributed by atoms with Crippen LogP contribution in [0.2, 0.25) is 0 Å². The van der Waals surface area contributed by atoms with Crippen LogP contribution in [0.3, 0.4) is 0 Å². The van der Waals surface area contributed by atoms with Gasteiger partial charge in [-0.05, 0) is 33.4 Å². The molecule has 0 bridgehead atoms. The molecular weight excluding hydrogens is 280 g/mol. The van der Waals surface area contributed by atoms with Gasteiger partial charge in [0.05, 0.1) is 5.69 Å². The van der Waals surface area contributed by atoms with E-state index in [9.17, 15) is 0 Å². The van der Waals surface area contributed by atoms with Gasteiger partial charge in [-0.3, -0.25) is 0 Å². The Morgan fingerprint density at radius 2 is 2.14 bits per heavy atom. The van der Waals surface area contributed by atoms with E-state index in [1.54, 1.807) is 0 Å². The third kappa shape index (κ3) is 4.41. The Morgan fingerprint density at radius 3 is 2.81 bits per heavy atom. The molecule has 1 atom stereocenters. The van der Waals surface area contributed by atoms with Gasteiger partial charge in [0.1, 0.15) is 0 Å². The topological polar surface area (TPSA) is 31.4 Å². The largest absolute Gasteiger partial charge is 0.344 e. The minimum atomic E-state index is 0.519. The molecule has 2 heterocycles. The Bertz CT molecular complexity index is 443. The zero-order chi connectivity index (χ0) is 15.4. The van der Waals surface area contributed by atoms with Crippen molar-refractivity contribution in [3.8, 4) is 0 Å². The van der Waals surface area contributed by atoms with Gasteiger partial charge < -0.3 is 15.1 Å². The van der Waals surface area contributed by atoms with E-state index in [0.29, 0.717) is 12.1 Å². The maximum absolute atomic E-state index is 4.93. The third-order valence-corrected chi connectivity index (χ3v) is 5.20. The minimum Gasteiger partial charge on any atom is -0.344 e. The molecule has 21 heavy (non-hydrogen) atoms. The van der Waals surface area contributed by atoms with Crippen molar-refractivity contribution < 1.29 is 0 Å². The van der Waals surface area contributed by atoms with Gasteiger partial charge in [0, 0.05) is 36.6 Å². The number of rotatable bonds is 5. The zero-order valence-electron chi connectivity index (χ0n) is 14.1. The second-order valence-corrected chi connectivity index (χ2v) is 7.48. The molecule has 1 aromatic rings. The molecule has 120 valence electrons. The predicted octanol–water partition coefficient (Wildman–Crippen LogP) is 2.73. The highest BCUT2D eigenvalue weighted by atomic mass is 32.1. The van der Waals surface area contributed by atoms with Crippen LogP contribution in [0.5, 0.6) is 0 Å². The van der Waals surface area contributed by atoms with E-state index in [-0.39, 0.29) is 0 Å². The highest BCUT2D eigenvalue weighted by Crippen LogP contribution is 2.29. The lowest BCUT2D eigenvalue weighted by atomic mass is 10.3. The Kier molecular flexibility index (Phi) is 6.02. The van der Waals surface area contributed by atoms with Crippen LogP contribution in [0.15, 0.2) is 0 Å². The van der Waals surface area contributed by atoms with Crippen molar-refractivity contribution in [3.63, 3.8) is 0 Å². The fraction of sp³-hybridized carbons (Fsp3) is 0.812. The molecule has 0 amide bonds. The van der Waals surface area contributed by atoms with Gasteiger partial charge in [-0.2, -0.15) is 0 Å². The molecule has 1 aliphatic rings. The van der Waals surface area contributed by atoms with Crippen molar-refractivity contribution in [2.45, 2.75) is 59.2 Å². The summed E-state index contributed by atoms with van der Waals surface area (Å²) in [7, 11) is 2.22. The molecule has 0 aliphatic carbocycles. The molecule has 4 nitrogen and oxygen atoms in total. The van der Waals surface area contributed by atoms with E-state index in [0.717, 1.165) is 26.1 Å². The number of thiazole rings is 1. The van der Waals surface area contributed by atoms with Gasteiger partial charge in [-0.15, -0.1) is 11.3 Å². The van der Waals surface area contributed by atoms with Crippen LogP contribution in [0, 0.1) is 0 Å². The number of hydrogen-bond acceptors (Lipinski definition) is 5. The highest BCUT2D eigenvalue weighted by Gasteiger charge is 2.23. The molecule has 1 fully saturated rings. The molecule has 1 aromatic heterocycles. The van der Waals surface area contributed by atoms with Gasteiger partial charge in [-0.25, -0.2) is 4.98 Å². The number of likely N-dealkylation sites (N-methyl/N-ethyl adjacent to an activating group) is 1. The second-order valence-electron chi connectivity index (χ2n) is 6.41. The number of anilines is 1. The summed E-state index contributed by atoms with van der Waals surface area (Å²) >= 11 is 1.88. The van der Waals surface area contributed by atoms with Crippen LogP contribution < -0.4 is 10.2 Å². The summed E-state index contributed by atoms with van der Waals surface area (Å²) in [6.07, 6.45) is 2.25. The number of aryl methyl sites for hydroxylation is 1. The predicted molar refractivity (Wildman–Crippen MR) is 92.4 cm³/mol. The quantitative estimate of drug-likeness (QED) is 0.906. The first-order valence-electron chi connectivity index (χ1n) is 8.18. The smallest absolute Gasteiger partial charge is 0.186 e. The Morgan fingerprint density at radius 1 is 1.38 bits per heavy atom. The average molecular weight is 311 g/mol. The summed E-state index contributed by atoms with van der Waals surface area (Å²) in [4.78, 5) is 11.3. The maximum Gasteiger partial charge on any atom is 0.186 e. The summed E-state index contributed by atoms with van der Waals surface area (Å²) in [6.45, 7) is 13.3. The van der Waals surface area contributed by atoms with Crippen LogP contribution in [-0.4, -0.2) is 48.6 Å². The molecule has 5 heteroatoms. The van der Waals surface area contributed by atoms with Crippen LogP contribution in [0.4, 0.5) is 5.13 Å². The summed E-state index contributed by atoms with van der Waals surface area (Å²) in [5.41, 5.74) is 1.27. The molecule has 1 saturated heterocycles. The van der Waals surface area contributed by atoms with Crippen LogP contribution in [-0.2, 0) is 13.0 Å². The van der Waals surface area contributed by atoms with Crippen molar-refractivity contribution in [1.82, 2.24) is 15.2 Å². The van der Waals surface area contributed by atoms with Gasteiger partial charge in [-0.1, -0.05) is 20.8 Å². The minimum absolute atomic E-state index is 0.519. The van der Waals surface area contributed by atoms with E-state index in [4.69, 9.17) is 4.98 Å². The standard InChI is InChI=1S/C16H30N4S/c1-6-14-15(10-17-12(2)3)21-16(18-14)20-9-7-8-19(5)11-13(20)4/h12-13,17H,6-11H2,1-5H3. The van der Waals surface area contributed by atoms with Crippen LogP contribution in [0.1, 0.15) is 44.7 Å². The first kappa shape index (κ1) is 16.7. The van der Waals surface area contributed by atoms with Crippen molar-refractivity contribution >= 4 is 16.5 Å². The zero-order valence-corrected chi connectivity index (χ0v) is 15.0.